The van der Waals surface area contributed by atoms with Gasteiger partial charge >= 0.3 is 0 Å². The molecule has 0 bridgehead atoms. The monoisotopic (exact) mass is 315 g/mol. The lowest BCUT2D eigenvalue weighted by atomic mass is 10.1. The van der Waals surface area contributed by atoms with Gasteiger partial charge in [-0.1, -0.05) is 18.2 Å². The number of fused-ring (bicyclic) bond motifs is 1. The van der Waals surface area contributed by atoms with Crippen LogP contribution in [0.25, 0.3) is 10.9 Å². The summed E-state index contributed by atoms with van der Waals surface area (Å²) in [6.45, 7) is 7.27. The molecule has 1 aromatic carbocycles. The largest absolute Gasteiger partial charge is 0.379 e. The third kappa shape index (κ3) is 4.34. The Kier molecular flexibility index (Phi) is 5.70. The zero-order valence-electron chi connectivity index (χ0n) is 14.5. The van der Waals surface area contributed by atoms with Gasteiger partial charge in [0.25, 0.3) is 0 Å². The number of aromatic nitrogens is 1. The number of rotatable bonds is 7. The molecule has 23 heavy (non-hydrogen) atoms. The number of aryl methyl sites for hydroxylation is 1. The second-order valence-electron chi connectivity index (χ2n) is 6.73. The predicted molar refractivity (Wildman–Crippen MR) is 96.1 cm³/mol. The van der Waals surface area contributed by atoms with Crippen molar-refractivity contribution in [2.75, 3.05) is 53.5 Å². The zero-order chi connectivity index (χ0) is 16.1. The first-order valence-corrected chi connectivity index (χ1v) is 8.75. The molecule has 1 saturated heterocycles. The van der Waals surface area contributed by atoms with Crippen LogP contribution >= 0.6 is 0 Å². The molecule has 1 aliphatic heterocycles. The highest BCUT2D eigenvalue weighted by atomic mass is 16.5. The molecule has 2 heterocycles. The molecule has 0 unspecified atom stereocenters. The van der Waals surface area contributed by atoms with Gasteiger partial charge in [-0.2, -0.15) is 0 Å². The van der Waals surface area contributed by atoms with Crippen molar-refractivity contribution in [1.29, 1.82) is 0 Å². The van der Waals surface area contributed by atoms with Crippen LogP contribution in [-0.2, 0) is 17.7 Å². The number of morpholine rings is 1. The van der Waals surface area contributed by atoms with E-state index < -0.39 is 0 Å². The van der Waals surface area contributed by atoms with E-state index in [1.54, 1.807) is 0 Å². The van der Waals surface area contributed by atoms with Crippen molar-refractivity contribution < 1.29 is 4.74 Å². The first-order valence-electron chi connectivity index (χ1n) is 8.75. The summed E-state index contributed by atoms with van der Waals surface area (Å²) in [5.41, 5.74) is 2.86. The number of nitrogens with zero attached hydrogens (tertiary/aromatic N) is 3. The fourth-order valence-electron chi connectivity index (χ4n) is 3.33. The van der Waals surface area contributed by atoms with Crippen molar-refractivity contribution in [2.45, 2.75) is 19.4 Å². The lowest BCUT2D eigenvalue weighted by molar-refractivity contribution is 0.0375. The van der Waals surface area contributed by atoms with E-state index in [1.807, 2.05) is 0 Å². The maximum Gasteiger partial charge on any atom is 0.0594 e. The number of likely N-dealkylation sites (N-methyl/N-ethyl adjacent to an activating group) is 1. The van der Waals surface area contributed by atoms with Gasteiger partial charge in [0.05, 0.1) is 13.2 Å². The average Bonchev–Trinajstić information content (AvgIpc) is 2.92. The Morgan fingerprint density at radius 3 is 2.65 bits per heavy atom. The predicted octanol–water partition coefficient (Wildman–Crippen LogP) is 2.47. The van der Waals surface area contributed by atoms with Crippen molar-refractivity contribution in [3.8, 4) is 0 Å². The van der Waals surface area contributed by atoms with Gasteiger partial charge in [-0.15, -0.1) is 0 Å². The molecule has 0 atom stereocenters. The molecule has 0 amide bonds. The molecule has 126 valence electrons. The Morgan fingerprint density at radius 1 is 1.09 bits per heavy atom. The molecule has 1 fully saturated rings. The summed E-state index contributed by atoms with van der Waals surface area (Å²) in [7, 11) is 4.27. The summed E-state index contributed by atoms with van der Waals surface area (Å²) in [5.74, 6) is 0. The molecule has 0 spiro atoms. The third-order valence-corrected chi connectivity index (χ3v) is 4.68. The highest BCUT2D eigenvalue weighted by molar-refractivity contribution is 5.84. The van der Waals surface area contributed by atoms with Gasteiger partial charge in [-0.25, -0.2) is 0 Å². The minimum atomic E-state index is 0.893. The Morgan fingerprint density at radius 2 is 1.87 bits per heavy atom. The second-order valence-corrected chi connectivity index (χ2v) is 6.73. The topological polar surface area (TPSA) is 20.6 Å². The van der Waals surface area contributed by atoms with Gasteiger partial charge < -0.3 is 14.2 Å². The van der Waals surface area contributed by atoms with Crippen molar-refractivity contribution in [3.05, 3.63) is 36.0 Å². The standard InChI is InChI=1S/C19H29N3O/c1-20(2)10-11-22-16-17(18-7-3-4-8-19(18)22)6-5-9-21-12-14-23-15-13-21/h3-4,7-8,16H,5-6,9-15H2,1-2H3. The summed E-state index contributed by atoms with van der Waals surface area (Å²) < 4.78 is 7.84. The molecule has 0 radical (unpaired) electrons. The lowest BCUT2D eigenvalue weighted by Crippen LogP contribution is -2.36. The second kappa shape index (κ2) is 7.95. The number of hydrogen-bond donors (Lipinski definition) is 0. The van der Waals surface area contributed by atoms with Crippen LogP contribution < -0.4 is 0 Å². The Hall–Kier alpha value is -1.36. The highest BCUT2D eigenvalue weighted by Gasteiger charge is 2.11. The van der Waals surface area contributed by atoms with Crippen LogP contribution in [0.5, 0.6) is 0 Å². The zero-order valence-corrected chi connectivity index (χ0v) is 14.5. The summed E-state index contributed by atoms with van der Waals surface area (Å²) in [6.07, 6.45) is 4.75. The number of benzene rings is 1. The molecular formula is C19H29N3O. The fraction of sp³-hybridized carbons (Fsp3) is 0.579. The van der Waals surface area contributed by atoms with Gasteiger partial charge in [0.2, 0.25) is 0 Å². The van der Waals surface area contributed by atoms with E-state index in [4.69, 9.17) is 4.74 Å². The van der Waals surface area contributed by atoms with Crippen molar-refractivity contribution >= 4 is 10.9 Å². The maximum absolute atomic E-state index is 5.42. The molecule has 1 aromatic heterocycles. The fourth-order valence-corrected chi connectivity index (χ4v) is 3.33. The molecule has 0 saturated carbocycles. The normalized spacial score (nSPS) is 16.5. The van der Waals surface area contributed by atoms with E-state index >= 15 is 0 Å². The highest BCUT2D eigenvalue weighted by Crippen LogP contribution is 2.22. The minimum absolute atomic E-state index is 0.893. The van der Waals surface area contributed by atoms with Crippen LogP contribution in [0.3, 0.4) is 0 Å². The number of para-hydroxylation sites is 1. The molecule has 0 aliphatic carbocycles. The van der Waals surface area contributed by atoms with Gasteiger partial charge in [-0.3, -0.25) is 4.90 Å². The first kappa shape index (κ1) is 16.5. The molecular weight excluding hydrogens is 286 g/mol. The van der Waals surface area contributed by atoms with Crippen LogP contribution in [-0.4, -0.2) is 67.9 Å². The number of ether oxygens (including phenoxy) is 1. The molecule has 2 aromatic rings. The maximum atomic E-state index is 5.42. The first-order chi connectivity index (χ1) is 11.2. The minimum Gasteiger partial charge on any atom is -0.379 e. The van der Waals surface area contributed by atoms with Gasteiger partial charge in [-0.05, 0) is 45.1 Å². The number of hydrogen-bond acceptors (Lipinski definition) is 3. The van der Waals surface area contributed by atoms with E-state index in [9.17, 15) is 0 Å². The lowest BCUT2D eigenvalue weighted by Gasteiger charge is -2.26. The molecule has 1 aliphatic rings. The Labute approximate surface area is 139 Å². The molecule has 4 heteroatoms. The van der Waals surface area contributed by atoms with Crippen molar-refractivity contribution in [3.63, 3.8) is 0 Å². The van der Waals surface area contributed by atoms with Gasteiger partial charge in [0.15, 0.2) is 0 Å². The third-order valence-electron chi connectivity index (χ3n) is 4.68. The quantitative estimate of drug-likeness (QED) is 0.783. The molecule has 4 nitrogen and oxygen atoms in total. The van der Waals surface area contributed by atoms with Crippen LogP contribution in [0.1, 0.15) is 12.0 Å². The SMILES string of the molecule is CN(C)CCn1cc(CCCN2CCOCC2)c2ccccc21. The van der Waals surface area contributed by atoms with E-state index in [0.717, 1.165) is 45.8 Å². The average molecular weight is 315 g/mol. The van der Waals surface area contributed by atoms with Crippen LogP contribution in [0.2, 0.25) is 0 Å². The van der Waals surface area contributed by atoms with Gasteiger partial charge in [0.1, 0.15) is 0 Å². The molecule has 0 N–H and O–H groups in total. The van der Waals surface area contributed by atoms with Crippen LogP contribution in [0.15, 0.2) is 30.5 Å². The van der Waals surface area contributed by atoms with Crippen molar-refractivity contribution in [2.24, 2.45) is 0 Å². The Bertz CT molecular complexity index is 614. The van der Waals surface area contributed by atoms with Gasteiger partial charge in [0, 0.05) is 43.3 Å². The van der Waals surface area contributed by atoms with E-state index in [-0.39, 0.29) is 0 Å². The van der Waals surface area contributed by atoms with Crippen LogP contribution in [0, 0.1) is 0 Å². The smallest absolute Gasteiger partial charge is 0.0594 e. The van der Waals surface area contributed by atoms with E-state index in [0.29, 0.717) is 0 Å². The summed E-state index contributed by atoms with van der Waals surface area (Å²) >= 11 is 0. The summed E-state index contributed by atoms with van der Waals surface area (Å²) in [6, 6.07) is 8.82. The summed E-state index contributed by atoms with van der Waals surface area (Å²) in [5, 5.41) is 1.42. The van der Waals surface area contributed by atoms with Crippen LogP contribution in [0.4, 0.5) is 0 Å². The Balaban J connectivity index is 1.65. The van der Waals surface area contributed by atoms with E-state index in [1.165, 1.54) is 29.4 Å². The summed E-state index contributed by atoms with van der Waals surface area (Å²) in [4.78, 5) is 4.77. The molecule has 3 rings (SSSR count). The van der Waals surface area contributed by atoms with E-state index in [2.05, 4.69) is 58.9 Å². The van der Waals surface area contributed by atoms with Crippen molar-refractivity contribution in [1.82, 2.24) is 14.4 Å².